The molecule has 406 valence electrons. The van der Waals surface area contributed by atoms with E-state index < -0.39 is 94.4 Å². The van der Waals surface area contributed by atoms with Gasteiger partial charge in [0.05, 0.1) is 30.5 Å². The monoisotopic (exact) mass is 1030 g/mol. The SMILES string of the molecule is C=CC[C@@H]1C=C(C)C[C@H](C)C[C@H](OC)[C@H]2O[C@@](O)(C(=O)C(=O)N3CCCC[C@H]3C(=O)O[C@H](/C(C)=C/[C@@H]3CC[C@@H](O[Si](C)(C)C(C)(C)C)[C@H](OC)C3)[C@H](C)[C@@H](O[Si](C)(C)C(C)(C)C)CC1=O)[C@H](C)C[C@@H]2OC. The van der Waals surface area contributed by atoms with Gasteiger partial charge in [-0.25, -0.2) is 4.79 Å². The highest BCUT2D eigenvalue weighted by Crippen LogP contribution is 2.44. The van der Waals surface area contributed by atoms with Crippen molar-refractivity contribution in [1.82, 2.24) is 4.90 Å². The molecule has 14 atom stereocenters. The van der Waals surface area contributed by atoms with Crippen LogP contribution in [0.1, 0.15) is 147 Å². The number of carbonyl (C=O) groups excluding carboxylic acids is 4. The number of Topliss-reactive ketones (excluding diaryl/α,β-unsaturated/α-hetero) is 2. The molecule has 4 rings (SSSR count). The number of esters is 1. The lowest BCUT2D eigenvalue weighted by atomic mass is 9.81. The van der Waals surface area contributed by atoms with Crippen LogP contribution in [0.25, 0.3) is 0 Å². The van der Waals surface area contributed by atoms with Crippen LogP contribution in [0.4, 0.5) is 0 Å². The van der Waals surface area contributed by atoms with Gasteiger partial charge in [0.25, 0.3) is 11.7 Å². The Morgan fingerprint density at radius 3 is 1.96 bits per heavy atom. The molecule has 3 heterocycles. The van der Waals surface area contributed by atoms with E-state index in [0.717, 1.165) is 24.0 Å². The third-order valence-corrected chi connectivity index (χ3v) is 26.3. The summed E-state index contributed by atoms with van der Waals surface area (Å²) in [6.07, 6.45) is 7.96. The van der Waals surface area contributed by atoms with Crippen LogP contribution in [0.5, 0.6) is 0 Å². The van der Waals surface area contributed by atoms with Crippen LogP contribution >= 0.6 is 0 Å². The summed E-state index contributed by atoms with van der Waals surface area (Å²) in [6.45, 7) is 36.1. The molecule has 1 aliphatic carbocycles. The highest BCUT2D eigenvalue weighted by molar-refractivity contribution is 6.74. The standard InChI is InChI=1S/C56H97NO12Si2/c1-20-23-41-29-35(2)28-36(3)30-47(64-14)50-48(65-15)32-38(5)56(62,67-50)51(59)52(60)57-27-22-21-24-42(57)53(61)66-49(39(6)45(34-43(41)58)69-71(18,19)55(10,11)12)37(4)31-40-25-26-44(46(33-40)63-13)68-70(16,17)54(7,8)9/h20,29,31,36,38-42,44-50,62H,1,21-28,30,32-34H2,2-19H3/b35-29?,37-31+/t36-,38+,39+,40-,41+,42-,44+,45-,46+,47-,48-,49+,50+,56+/m0/s1. The van der Waals surface area contributed by atoms with Gasteiger partial charge >= 0.3 is 5.97 Å². The first-order valence-corrected chi connectivity index (χ1v) is 32.6. The van der Waals surface area contributed by atoms with Crippen LogP contribution in [0.3, 0.4) is 0 Å². The summed E-state index contributed by atoms with van der Waals surface area (Å²) >= 11 is 0. The van der Waals surface area contributed by atoms with Crippen molar-refractivity contribution in [2.75, 3.05) is 27.9 Å². The van der Waals surface area contributed by atoms with E-state index in [1.165, 1.54) is 4.90 Å². The van der Waals surface area contributed by atoms with Crippen LogP contribution in [-0.4, -0.2) is 133 Å². The number of methoxy groups -OCH3 is 3. The predicted octanol–water partition coefficient (Wildman–Crippen LogP) is 10.7. The Hall–Kier alpha value is -2.35. The largest absolute Gasteiger partial charge is 0.456 e. The van der Waals surface area contributed by atoms with E-state index in [9.17, 15) is 19.5 Å². The number of carbonyl (C=O) groups is 4. The Bertz CT molecular complexity index is 1900. The number of hydrogen-bond acceptors (Lipinski definition) is 12. The maximum Gasteiger partial charge on any atom is 0.329 e. The molecule has 0 aromatic heterocycles. The number of fused-ring (bicyclic) bond motifs is 3. The van der Waals surface area contributed by atoms with Crippen LogP contribution in [0, 0.1) is 29.6 Å². The quantitative estimate of drug-likeness (QED) is 0.0906. The Morgan fingerprint density at radius 1 is 0.817 bits per heavy atom. The van der Waals surface area contributed by atoms with E-state index >= 15 is 4.79 Å². The molecule has 3 fully saturated rings. The number of rotatable bonds is 11. The normalized spacial score (nSPS) is 35.5. The highest BCUT2D eigenvalue weighted by atomic mass is 28.4. The topological polar surface area (TPSA) is 156 Å². The molecule has 4 aliphatic rings. The lowest BCUT2D eigenvalue weighted by Gasteiger charge is -2.47. The van der Waals surface area contributed by atoms with Crippen molar-refractivity contribution in [3.05, 3.63) is 36.0 Å². The van der Waals surface area contributed by atoms with Gasteiger partial charge in [-0.15, -0.1) is 6.58 Å². The summed E-state index contributed by atoms with van der Waals surface area (Å²) in [5.41, 5.74) is 1.83. The molecule has 1 amide bonds. The van der Waals surface area contributed by atoms with Gasteiger partial charge < -0.3 is 42.5 Å². The summed E-state index contributed by atoms with van der Waals surface area (Å²) < 4.78 is 45.4. The van der Waals surface area contributed by atoms with E-state index in [4.69, 9.17) is 32.5 Å². The van der Waals surface area contributed by atoms with Gasteiger partial charge in [0, 0.05) is 52.0 Å². The number of amides is 1. The zero-order valence-electron chi connectivity index (χ0n) is 47.3. The molecular weight excluding hydrogens is 935 g/mol. The second-order valence-electron chi connectivity index (χ2n) is 25.0. The third kappa shape index (κ3) is 15.0. The van der Waals surface area contributed by atoms with E-state index in [-0.39, 0.29) is 65.7 Å². The first kappa shape index (κ1) is 61.2. The zero-order chi connectivity index (χ0) is 53.6. The molecule has 3 aliphatic heterocycles. The van der Waals surface area contributed by atoms with Crippen molar-refractivity contribution in [2.24, 2.45) is 29.6 Å². The molecule has 71 heavy (non-hydrogen) atoms. The third-order valence-electron chi connectivity index (χ3n) is 17.3. The van der Waals surface area contributed by atoms with Crippen molar-refractivity contribution in [3.63, 3.8) is 0 Å². The number of nitrogens with zero attached hydrogens (tertiary/aromatic N) is 1. The summed E-state index contributed by atoms with van der Waals surface area (Å²) in [5.74, 6) is -6.99. The lowest BCUT2D eigenvalue weighted by Crippen LogP contribution is -2.64. The predicted molar refractivity (Wildman–Crippen MR) is 285 cm³/mol. The van der Waals surface area contributed by atoms with E-state index in [1.807, 2.05) is 20.8 Å². The van der Waals surface area contributed by atoms with Gasteiger partial charge in [-0.05, 0) is 132 Å². The molecule has 0 unspecified atom stereocenters. The molecule has 0 aromatic rings. The molecule has 2 saturated heterocycles. The average Bonchev–Trinajstić information content (AvgIpc) is 3.28. The number of aliphatic hydroxyl groups is 1. The first-order chi connectivity index (χ1) is 32.9. The first-order valence-electron chi connectivity index (χ1n) is 26.7. The number of ether oxygens (including phenoxy) is 5. The Balaban J connectivity index is 1.89. The Morgan fingerprint density at radius 2 is 1.39 bits per heavy atom. The van der Waals surface area contributed by atoms with Crippen molar-refractivity contribution < 1.29 is 56.8 Å². The van der Waals surface area contributed by atoms with E-state index in [0.29, 0.717) is 38.5 Å². The Kier molecular flexibility index (Phi) is 21.5. The fourth-order valence-corrected chi connectivity index (χ4v) is 13.6. The molecule has 0 radical (unpaired) electrons. The van der Waals surface area contributed by atoms with Crippen molar-refractivity contribution in [3.8, 4) is 0 Å². The number of piperidine rings is 1. The maximum atomic E-state index is 15.0. The number of allylic oxidation sites excluding steroid dienone is 4. The second-order valence-corrected chi connectivity index (χ2v) is 34.5. The lowest BCUT2D eigenvalue weighted by molar-refractivity contribution is -0.302. The minimum Gasteiger partial charge on any atom is -0.456 e. The minimum atomic E-state index is -2.56. The molecule has 13 nitrogen and oxygen atoms in total. The molecule has 0 spiro atoms. The minimum absolute atomic E-state index is 0.0114. The fourth-order valence-electron chi connectivity index (χ4n) is 10.8. The van der Waals surface area contributed by atoms with Gasteiger partial charge in [0.15, 0.2) is 16.6 Å². The number of cyclic esters (lactones) is 1. The van der Waals surface area contributed by atoms with Gasteiger partial charge in [-0.1, -0.05) is 86.1 Å². The summed E-state index contributed by atoms with van der Waals surface area (Å²) in [6, 6.07) is -1.11. The van der Waals surface area contributed by atoms with Gasteiger partial charge in [-0.2, -0.15) is 0 Å². The Labute approximate surface area is 431 Å². The fraction of sp³-hybridized carbons (Fsp3) is 0.821. The van der Waals surface area contributed by atoms with Crippen molar-refractivity contribution >= 4 is 40.1 Å². The van der Waals surface area contributed by atoms with Gasteiger partial charge in [-0.3, -0.25) is 14.4 Å². The second kappa shape index (κ2) is 25.0. The summed E-state index contributed by atoms with van der Waals surface area (Å²) in [7, 11) is 0.207. The van der Waals surface area contributed by atoms with Crippen LogP contribution in [0.15, 0.2) is 36.0 Å². The molecular formula is C56H97NO12Si2. The smallest absolute Gasteiger partial charge is 0.329 e. The molecule has 2 bridgehead atoms. The van der Waals surface area contributed by atoms with Gasteiger partial charge in [0.1, 0.15) is 24.0 Å². The molecule has 15 heteroatoms. The van der Waals surface area contributed by atoms with E-state index in [1.54, 1.807) is 34.3 Å². The number of ketones is 2. The van der Waals surface area contributed by atoms with Crippen molar-refractivity contribution in [2.45, 2.75) is 238 Å². The molecule has 0 aromatic carbocycles. The van der Waals surface area contributed by atoms with Crippen LogP contribution in [0.2, 0.25) is 36.3 Å². The number of hydrogen-bond donors (Lipinski definition) is 1. The maximum absolute atomic E-state index is 15.0. The highest BCUT2D eigenvalue weighted by Gasteiger charge is 2.57. The van der Waals surface area contributed by atoms with Crippen LogP contribution in [-0.2, 0) is 51.7 Å². The van der Waals surface area contributed by atoms with Crippen LogP contribution < -0.4 is 0 Å². The molecule has 1 saturated carbocycles. The zero-order valence-corrected chi connectivity index (χ0v) is 49.3. The van der Waals surface area contributed by atoms with Crippen molar-refractivity contribution in [1.29, 1.82) is 0 Å². The molecule has 1 N–H and O–H groups in total. The summed E-state index contributed by atoms with van der Waals surface area (Å²) in [4.78, 5) is 60.4. The van der Waals surface area contributed by atoms with E-state index in [2.05, 4.69) is 93.4 Å². The van der Waals surface area contributed by atoms with Gasteiger partial charge in [0.2, 0.25) is 5.79 Å². The summed E-state index contributed by atoms with van der Waals surface area (Å²) in [5, 5.41) is 12.1. The average molecular weight is 1030 g/mol.